The van der Waals surface area contributed by atoms with Gasteiger partial charge in [0.1, 0.15) is 5.82 Å². The highest BCUT2D eigenvalue weighted by molar-refractivity contribution is 7.11. The number of aryl methyl sites for hydroxylation is 1. The molecule has 0 atom stereocenters. The molecule has 18 heavy (non-hydrogen) atoms. The van der Waals surface area contributed by atoms with E-state index in [0.717, 1.165) is 16.3 Å². The zero-order valence-electron chi connectivity index (χ0n) is 9.90. The fraction of sp³-hybridized carbons (Fsp3) is 0.231. The number of halogens is 1. The Morgan fingerprint density at radius 1 is 1.50 bits per heavy atom. The molecule has 0 amide bonds. The van der Waals surface area contributed by atoms with Crippen molar-refractivity contribution in [2.45, 2.75) is 19.9 Å². The molecule has 0 aliphatic rings. The van der Waals surface area contributed by atoms with E-state index in [2.05, 4.69) is 17.2 Å². The lowest BCUT2D eigenvalue weighted by Crippen LogP contribution is -2.00. The van der Waals surface area contributed by atoms with Crippen LogP contribution in [0.4, 0.5) is 10.1 Å². The monoisotopic (exact) mass is 261 g/mol. The van der Waals surface area contributed by atoms with Gasteiger partial charge in [-0.2, -0.15) is 5.26 Å². The van der Waals surface area contributed by atoms with Crippen LogP contribution in [0.25, 0.3) is 0 Å². The molecule has 1 heterocycles. The maximum atomic E-state index is 13.6. The predicted octanol–water partition coefficient (Wildman–Crippen LogP) is 3.33. The van der Waals surface area contributed by atoms with Crippen LogP contribution in [-0.2, 0) is 13.0 Å². The van der Waals surface area contributed by atoms with Crippen LogP contribution in [0.2, 0.25) is 0 Å². The lowest BCUT2D eigenvalue weighted by Gasteiger charge is -2.05. The van der Waals surface area contributed by atoms with Crippen LogP contribution >= 0.6 is 11.3 Å². The van der Waals surface area contributed by atoms with Crippen molar-refractivity contribution in [1.29, 1.82) is 5.26 Å². The zero-order valence-corrected chi connectivity index (χ0v) is 10.7. The largest absolute Gasteiger partial charge is 0.378 e. The second kappa shape index (κ2) is 5.61. The SMILES string of the molecule is CCc1ncc(CNc2ccc(C#N)cc2F)s1. The van der Waals surface area contributed by atoms with Gasteiger partial charge in [0.15, 0.2) is 0 Å². The fourth-order valence-corrected chi connectivity index (χ4v) is 2.31. The van der Waals surface area contributed by atoms with E-state index in [4.69, 9.17) is 5.26 Å². The molecular weight excluding hydrogens is 249 g/mol. The Morgan fingerprint density at radius 2 is 2.33 bits per heavy atom. The van der Waals surface area contributed by atoms with Crippen LogP contribution in [0.1, 0.15) is 22.4 Å². The summed E-state index contributed by atoms with van der Waals surface area (Å²) in [7, 11) is 0. The minimum atomic E-state index is -0.408. The Balaban J connectivity index is 2.04. The summed E-state index contributed by atoms with van der Waals surface area (Å²) < 4.78 is 13.6. The number of hydrogen-bond acceptors (Lipinski definition) is 4. The van der Waals surface area contributed by atoms with Gasteiger partial charge >= 0.3 is 0 Å². The molecule has 0 spiro atoms. The highest BCUT2D eigenvalue weighted by Gasteiger charge is 2.04. The molecule has 92 valence electrons. The van der Waals surface area contributed by atoms with Crippen molar-refractivity contribution in [3.05, 3.63) is 45.7 Å². The molecule has 0 fully saturated rings. The van der Waals surface area contributed by atoms with Crippen LogP contribution in [-0.4, -0.2) is 4.98 Å². The van der Waals surface area contributed by atoms with Gasteiger partial charge < -0.3 is 5.32 Å². The smallest absolute Gasteiger partial charge is 0.147 e. The van der Waals surface area contributed by atoms with Crippen molar-refractivity contribution < 1.29 is 4.39 Å². The first-order valence-electron chi connectivity index (χ1n) is 5.60. The quantitative estimate of drug-likeness (QED) is 0.918. The van der Waals surface area contributed by atoms with Crippen molar-refractivity contribution in [2.24, 2.45) is 0 Å². The Hall–Kier alpha value is -1.93. The van der Waals surface area contributed by atoms with Gasteiger partial charge in [-0.1, -0.05) is 6.92 Å². The van der Waals surface area contributed by atoms with Gasteiger partial charge in [-0.3, -0.25) is 0 Å². The molecular formula is C13H12FN3S. The Kier molecular flexibility index (Phi) is 3.90. The van der Waals surface area contributed by atoms with Gasteiger partial charge in [0, 0.05) is 11.1 Å². The van der Waals surface area contributed by atoms with Crippen molar-refractivity contribution in [3.8, 4) is 6.07 Å². The average Bonchev–Trinajstić information content (AvgIpc) is 2.85. The first-order valence-corrected chi connectivity index (χ1v) is 6.41. The van der Waals surface area contributed by atoms with Gasteiger partial charge in [0.25, 0.3) is 0 Å². The van der Waals surface area contributed by atoms with Crippen LogP contribution in [0.5, 0.6) is 0 Å². The number of anilines is 1. The van der Waals surface area contributed by atoms with E-state index < -0.39 is 5.82 Å². The molecule has 0 saturated carbocycles. The highest BCUT2D eigenvalue weighted by atomic mass is 32.1. The minimum Gasteiger partial charge on any atom is -0.378 e. The molecule has 2 rings (SSSR count). The molecule has 1 aromatic carbocycles. The first-order chi connectivity index (χ1) is 8.72. The average molecular weight is 261 g/mol. The Morgan fingerprint density at radius 3 is 2.94 bits per heavy atom. The second-order valence-corrected chi connectivity index (χ2v) is 4.93. The van der Waals surface area contributed by atoms with Crippen molar-refractivity contribution in [3.63, 3.8) is 0 Å². The van der Waals surface area contributed by atoms with Crippen LogP contribution in [0.15, 0.2) is 24.4 Å². The second-order valence-electron chi connectivity index (χ2n) is 3.73. The summed E-state index contributed by atoms with van der Waals surface area (Å²) in [6.45, 7) is 2.59. The van der Waals surface area contributed by atoms with E-state index in [1.165, 1.54) is 6.07 Å². The number of nitrogens with zero attached hydrogens (tertiary/aromatic N) is 2. The molecule has 0 bridgehead atoms. The highest BCUT2D eigenvalue weighted by Crippen LogP contribution is 2.19. The maximum Gasteiger partial charge on any atom is 0.147 e. The summed E-state index contributed by atoms with van der Waals surface area (Å²) in [6, 6.07) is 6.30. The summed E-state index contributed by atoms with van der Waals surface area (Å²) in [4.78, 5) is 5.30. The summed E-state index contributed by atoms with van der Waals surface area (Å²) in [5, 5.41) is 12.7. The lowest BCUT2D eigenvalue weighted by molar-refractivity contribution is 0.629. The molecule has 5 heteroatoms. The molecule has 0 radical (unpaired) electrons. The third-order valence-electron chi connectivity index (χ3n) is 2.46. The summed E-state index contributed by atoms with van der Waals surface area (Å²) >= 11 is 1.62. The third kappa shape index (κ3) is 2.84. The minimum absolute atomic E-state index is 0.323. The van der Waals surface area contributed by atoms with Crippen molar-refractivity contribution in [2.75, 3.05) is 5.32 Å². The van der Waals surface area contributed by atoms with Crippen molar-refractivity contribution in [1.82, 2.24) is 4.98 Å². The normalized spacial score (nSPS) is 10.1. The number of hydrogen-bond donors (Lipinski definition) is 1. The van der Waals surface area contributed by atoms with Crippen LogP contribution in [0, 0.1) is 17.1 Å². The molecule has 1 aromatic heterocycles. The number of aromatic nitrogens is 1. The standard InChI is InChI=1S/C13H12FN3S/c1-2-13-17-8-10(18-13)7-16-12-4-3-9(6-15)5-11(12)14/h3-5,8,16H,2,7H2,1H3. The van der Waals surface area contributed by atoms with E-state index in [9.17, 15) is 4.39 Å². The van der Waals surface area contributed by atoms with Crippen LogP contribution in [0.3, 0.4) is 0 Å². The van der Waals surface area contributed by atoms with E-state index in [-0.39, 0.29) is 0 Å². The molecule has 0 aliphatic heterocycles. The Labute approximate surface area is 109 Å². The molecule has 2 aromatic rings. The van der Waals surface area contributed by atoms with E-state index in [0.29, 0.717) is 17.8 Å². The van der Waals surface area contributed by atoms with E-state index >= 15 is 0 Å². The zero-order chi connectivity index (χ0) is 13.0. The third-order valence-corrected chi connectivity index (χ3v) is 3.60. The van der Waals surface area contributed by atoms with Gasteiger partial charge in [-0.05, 0) is 24.6 Å². The summed E-state index contributed by atoms with van der Waals surface area (Å²) in [5.74, 6) is -0.408. The van der Waals surface area contributed by atoms with E-state index in [1.54, 1.807) is 29.7 Å². The van der Waals surface area contributed by atoms with Gasteiger partial charge in [-0.15, -0.1) is 11.3 Å². The predicted molar refractivity (Wildman–Crippen MR) is 69.9 cm³/mol. The van der Waals surface area contributed by atoms with Crippen molar-refractivity contribution >= 4 is 17.0 Å². The number of rotatable bonds is 4. The van der Waals surface area contributed by atoms with Gasteiger partial charge in [0.2, 0.25) is 0 Å². The number of thiazole rings is 1. The summed E-state index contributed by atoms with van der Waals surface area (Å²) in [5.41, 5.74) is 0.726. The molecule has 0 aliphatic carbocycles. The van der Waals surface area contributed by atoms with Gasteiger partial charge in [0.05, 0.1) is 28.9 Å². The molecule has 3 nitrogen and oxygen atoms in total. The number of nitrogens with one attached hydrogen (secondary N) is 1. The number of nitriles is 1. The Bertz CT molecular complexity index is 586. The summed E-state index contributed by atoms with van der Waals surface area (Å²) in [6.07, 6.45) is 2.72. The number of benzene rings is 1. The van der Waals surface area contributed by atoms with E-state index in [1.807, 2.05) is 6.07 Å². The molecule has 1 N–H and O–H groups in total. The van der Waals surface area contributed by atoms with Crippen LogP contribution < -0.4 is 5.32 Å². The molecule has 0 unspecified atom stereocenters. The van der Waals surface area contributed by atoms with Gasteiger partial charge in [-0.25, -0.2) is 9.37 Å². The first kappa shape index (κ1) is 12.5. The lowest BCUT2D eigenvalue weighted by atomic mass is 10.2. The fourth-order valence-electron chi connectivity index (χ4n) is 1.50. The maximum absolute atomic E-state index is 13.6. The molecule has 0 saturated heterocycles. The topological polar surface area (TPSA) is 48.7 Å².